The molecule has 0 saturated carbocycles. The van der Waals surface area contributed by atoms with Gasteiger partial charge in [-0.05, 0) is 11.6 Å². The van der Waals surface area contributed by atoms with Crippen LogP contribution in [0, 0.1) is 27.4 Å². The molecule has 0 N–H and O–H groups in total. The summed E-state index contributed by atoms with van der Waals surface area (Å²) >= 11 is 0. The zero-order chi connectivity index (χ0) is 22.4. The molecular formula is C23H22N2O6. The van der Waals surface area contributed by atoms with Gasteiger partial charge in [-0.2, -0.15) is 5.26 Å². The summed E-state index contributed by atoms with van der Waals surface area (Å²) in [4.78, 5) is 10.6. The van der Waals surface area contributed by atoms with Gasteiger partial charge in [-0.25, -0.2) is 0 Å². The van der Waals surface area contributed by atoms with Crippen LogP contribution in [0.3, 0.4) is 0 Å². The monoisotopic (exact) mass is 422 g/mol. The van der Waals surface area contributed by atoms with Crippen LogP contribution < -0.4 is 0 Å². The first-order valence-electron chi connectivity index (χ1n) is 9.44. The molecule has 2 unspecified atom stereocenters. The molecule has 8 nitrogen and oxygen atoms in total. The minimum atomic E-state index is -1.56. The molecule has 3 rings (SSSR count). The van der Waals surface area contributed by atoms with Crippen molar-refractivity contribution in [1.29, 1.82) is 5.26 Å². The highest BCUT2D eigenvalue weighted by atomic mass is 16.9. The van der Waals surface area contributed by atoms with Crippen LogP contribution in [0.5, 0.6) is 0 Å². The van der Waals surface area contributed by atoms with Crippen LogP contribution in [0.15, 0.2) is 72.5 Å². The normalized spacial score (nSPS) is 20.2. The van der Waals surface area contributed by atoms with Crippen LogP contribution in [0.2, 0.25) is 0 Å². The Morgan fingerprint density at radius 1 is 1.10 bits per heavy atom. The number of nitro groups is 1. The molecule has 1 heterocycles. The maximum atomic E-state index is 11.1. The predicted octanol–water partition coefficient (Wildman–Crippen LogP) is 4.37. The molecule has 2 aromatic carbocycles. The van der Waals surface area contributed by atoms with Gasteiger partial charge in [0.05, 0.1) is 35.9 Å². The molecule has 0 saturated heterocycles. The van der Waals surface area contributed by atoms with E-state index in [0.29, 0.717) is 22.5 Å². The van der Waals surface area contributed by atoms with Gasteiger partial charge >= 0.3 is 5.97 Å². The van der Waals surface area contributed by atoms with E-state index in [4.69, 9.17) is 18.9 Å². The number of ether oxygens (including phenoxy) is 4. The average molecular weight is 422 g/mol. The Morgan fingerprint density at radius 3 is 2.26 bits per heavy atom. The molecule has 0 aliphatic carbocycles. The standard InChI is InChI=1S/C23H22N2O6/c1-28-14-13-20-21(16-9-11-18(12-10-16)25(26)27)19(15-24)22(17-7-5-4-6-8-17)31-23(20,29-2)30-3/h4-14,20-21H,1-3H3. The van der Waals surface area contributed by atoms with Crippen molar-refractivity contribution in [2.45, 2.75) is 11.9 Å². The third-order valence-corrected chi connectivity index (χ3v) is 5.18. The van der Waals surface area contributed by atoms with Crippen molar-refractivity contribution in [3.05, 3.63) is 93.7 Å². The maximum Gasteiger partial charge on any atom is 0.334 e. The van der Waals surface area contributed by atoms with Crippen LogP contribution in [0.25, 0.3) is 5.76 Å². The van der Waals surface area contributed by atoms with Gasteiger partial charge in [0.15, 0.2) is 0 Å². The largest absolute Gasteiger partial charge is 0.505 e. The highest BCUT2D eigenvalue weighted by Crippen LogP contribution is 2.50. The number of methoxy groups -OCH3 is 3. The van der Waals surface area contributed by atoms with E-state index in [1.54, 1.807) is 18.2 Å². The number of rotatable bonds is 7. The van der Waals surface area contributed by atoms with Gasteiger partial charge < -0.3 is 18.9 Å². The molecule has 2 atom stereocenters. The highest BCUT2D eigenvalue weighted by Gasteiger charge is 2.52. The molecule has 0 aromatic heterocycles. The number of nitriles is 1. The third-order valence-electron chi connectivity index (χ3n) is 5.18. The molecule has 160 valence electrons. The first-order chi connectivity index (χ1) is 15.0. The summed E-state index contributed by atoms with van der Waals surface area (Å²) in [7, 11) is 4.40. The SMILES string of the molecule is COC=CC1C(c2ccc([N+](=O)[O-])cc2)C(C#N)=C(c2ccccc2)OC1(OC)OC. The molecule has 0 bridgehead atoms. The third kappa shape index (κ3) is 4.14. The molecule has 8 heteroatoms. The Bertz CT molecular complexity index is 1020. The van der Waals surface area contributed by atoms with Crippen molar-refractivity contribution in [2.75, 3.05) is 21.3 Å². The summed E-state index contributed by atoms with van der Waals surface area (Å²) in [5.41, 5.74) is 1.65. The topological polar surface area (TPSA) is 104 Å². The van der Waals surface area contributed by atoms with Crippen molar-refractivity contribution < 1.29 is 23.9 Å². The van der Waals surface area contributed by atoms with Crippen molar-refractivity contribution in [2.24, 2.45) is 5.92 Å². The van der Waals surface area contributed by atoms with Crippen molar-refractivity contribution >= 4 is 11.4 Å². The smallest absolute Gasteiger partial charge is 0.334 e. The quantitative estimate of drug-likeness (QED) is 0.282. The van der Waals surface area contributed by atoms with E-state index in [1.165, 1.54) is 39.7 Å². The van der Waals surface area contributed by atoms with Gasteiger partial charge in [0, 0.05) is 37.8 Å². The molecular weight excluding hydrogens is 400 g/mol. The minimum Gasteiger partial charge on any atom is -0.505 e. The number of hydrogen-bond donors (Lipinski definition) is 0. The van der Waals surface area contributed by atoms with Crippen LogP contribution in [-0.4, -0.2) is 32.2 Å². The van der Waals surface area contributed by atoms with Crippen molar-refractivity contribution in [3.63, 3.8) is 0 Å². The lowest BCUT2D eigenvalue weighted by atomic mass is 9.76. The first kappa shape index (κ1) is 22.0. The number of non-ortho nitro benzene ring substituents is 1. The fourth-order valence-corrected chi connectivity index (χ4v) is 3.72. The van der Waals surface area contributed by atoms with E-state index in [9.17, 15) is 15.4 Å². The lowest BCUT2D eigenvalue weighted by Crippen LogP contribution is -2.49. The van der Waals surface area contributed by atoms with Gasteiger partial charge in [-0.3, -0.25) is 10.1 Å². The predicted molar refractivity (Wildman–Crippen MR) is 112 cm³/mol. The molecule has 0 amide bonds. The summed E-state index contributed by atoms with van der Waals surface area (Å²) in [6, 6.07) is 17.5. The Hall–Kier alpha value is -3.67. The van der Waals surface area contributed by atoms with E-state index < -0.39 is 22.7 Å². The molecule has 1 aliphatic heterocycles. The van der Waals surface area contributed by atoms with Gasteiger partial charge in [0.2, 0.25) is 0 Å². The van der Waals surface area contributed by atoms with Gasteiger partial charge in [-0.15, -0.1) is 0 Å². The number of nitrogens with zero attached hydrogens (tertiary/aromatic N) is 2. The second-order valence-electron chi connectivity index (χ2n) is 6.75. The van der Waals surface area contributed by atoms with Crippen LogP contribution >= 0.6 is 0 Å². The zero-order valence-corrected chi connectivity index (χ0v) is 17.3. The second-order valence-corrected chi connectivity index (χ2v) is 6.75. The Kier molecular flexibility index (Phi) is 6.70. The summed E-state index contributed by atoms with van der Waals surface area (Å²) in [5.74, 6) is -2.46. The fraction of sp³-hybridized carbons (Fsp3) is 0.261. The van der Waals surface area contributed by atoms with Gasteiger partial charge in [0.25, 0.3) is 5.69 Å². The van der Waals surface area contributed by atoms with E-state index >= 15 is 0 Å². The van der Waals surface area contributed by atoms with E-state index in [0.717, 1.165) is 0 Å². The molecule has 2 aromatic rings. The second kappa shape index (κ2) is 9.43. The van der Waals surface area contributed by atoms with Crippen LogP contribution in [0.4, 0.5) is 5.69 Å². The van der Waals surface area contributed by atoms with Crippen molar-refractivity contribution in [1.82, 2.24) is 0 Å². The summed E-state index contributed by atoms with van der Waals surface area (Å²) in [5, 5.41) is 21.2. The summed E-state index contributed by atoms with van der Waals surface area (Å²) in [6.45, 7) is 0. The van der Waals surface area contributed by atoms with Crippen LogP contribution in [-0.2, 0) is 18.9 Å². The summed E-state index contributed by atoms with van der Waals surface area (Å²) in [6.07, 6.45) is 3.15. The van der Waals surface area contributed by atoms with E-state index in [2.05, 4.69) is 6.07 Å². The van der Waals surface area contributed by atoms with Crippen LogP contribution in [0.1, 0.15) is 17.0 Å². The number of benzene rings is 2. The van der Waals surface area contributed by atoms with Gasteiger partial charge in [-0.1, -0.05) is 42.5 Å². The number of allylic oxidation sites excluding steroid dienone is 1. The number of hydrogen-bond acceptors (Lipinski definition) is 7. The zero-order valence-electron chi connectivity index (χ0n) is 17.3. The average Bonchev–Trinajstić information content (AvgIpc) is 2.82. The fourth-order valence-electron chi connectivity index (χ4n) is 3.72. The molecule has 0 radical (unpaired) electrons. The van der Waals surface area contributed by atoms with Crippen molar-refractivity contribution in [3.8, 4) is 6.07 Å². The first-order valence-corrected chi connectivity index (χ1v) is 9.44. The number of nitro benzene ring substituents is 1. The van der Waals surface area contributed by atoms with Gasteiger partial charge in [0.1, 0.15) is 5.76 Å². The molecule has 1 aliphatic rings. The molecule has 0 spiro atoms. The van der Waals surface area contributed by atoms with E-state index in [-0.39, 0.29) is 5.69 Å². The Labute approximate surface area is 180 Å². The lowest BCUT2D eigenvalue weighted by molar-refractivity contribution is -0.384. The summed E-state index contributed by atoms with van der Waals surface area (Å²) < 4.78 is 22.7. The van der Waals surface area contributed by atoms with E-state index in [1.807, 2.05) is 30.3 Å². The maximum absolute atomic E-state index is 11.1. The lowest BCUT2D eigenvalue weighted by Gasteiger charge is -2.44. The minimum absolute atomic E-state index is 0.0460. The highest BCUT2D eigenvalue weighted by molar-refractivity contribution is 5.70. The molecule has 31 heavy (non-hydrogen) atoms. The Balaban J connectivity index is 2.28. The molecule has 0 fully saturated rings. The Morgan fingerprint density at radius 2 is 1.74 bits per heavy atom.